The molecule has 1 aromatic heterocycles. The number of ether oxygens (including phenoxy) is 3. The van der Waals surface area contributed by atoms with E-state index in [1.165, 1.54) is 0 Å². The van der Waals surface area contributed by atoms with Gasteiger partial charge >= 0.3 is 0 Å². The normalized spacial score (nSPS) is 16.5. The number of thiophene rings is 1. The van der Waals surface area contributed by atoms with Gasteiger partial charge in [-0.15, -0.1) is 11.3 Å². The van der Waals surface area contributed by atoms with Crippen LogP contribution < -0.4 is 9.47 Å². The molecular weight excluding hydrogens is 350 g/mol. The lowest BCUT2D eigenvalue weighted by molar-refractivity contribution is -0.135. The zero-order valence-corrected chi connectivity index (χ0v) is 16.1. The van der Waals surface area contributed by atoms with E-state index in [9.17, 15) is 4.79 Å². The predicted octanol–water partition coefficient (Wildman–Crippen LogP) is 3.65. The fourth-order valence-electron chi connectivity index (χ4n) is 3.00. The number of carbonyl (C=O) groups excluding carboxylic acids is 1. The van der Waals surface area contributed by atoms with Crippen LogP contribution in [0.1, 0.15) is 23.3 Å². The molecule has 1 aliphatic rings. The Labute approximate surface area is 158 Å². The molecule has 1 amide bonds. The van der Waals surface area contributed by atoms with E-state index in [1.807, 2.05) is 47.5 Å². The van der Waals surface area contributed by atoms with Crippen LogP contribution in [-0.4, -0.2) is 43.8 Å². The summed E-state index contributed by atoms with van der Waals surface area (Å²) in [5, 5.41) is 2.03. The first kappa shape index (κ1) is 18.7. The van der Waals surface area contributed by atoms with Gasteiger partial charge in [-0.2, -0.15) is 0 Å². The van der Waals surface area contributed by atoms with Crippen molar-refractivity contribution in [2.75, 3.05) is 26.9 Å². The molecule has 1 aromatic carbocycles. The number of amides is 1. The number of carbonyl (C=O) groups is 1. The summed E-state index contributed by atoms with van der Waals surface area (Å²) in [4.78, 5) is 15.8. The maximum absolute atomic E-state index is 12.8. The average Bonchev–Trinajstić information content (AvgIpc) is 3.33. The van der Waals surface area contributed by atoms with E-state index < -0.39 is 0 Å². The van der Waals surface area contributed by atoms with Gasteiger partial charge in [0.1, 0.15) is 0 Å². The molecule has 2 aromatic rings. The maximum atomic E-state index is 12.8. The first-order valence-corrected chi connectivity index (χ1v) is 9.73. The molecule has 0 N–H and O–H groups in total. The highest BCUT2D eigenvalue weighted by molar-refractivity contribution is 7.09. The summed E-state index contributed by atoms with van der Waals surface area (Å²) >= 11 is 1.65. The summed E-state index contributed by atoms with van der Waals surface area (Å²) in [6, 6.07) is 9.73. The van der Waals surface area contributed by atoms with Gasteiger partial charge in [0.2, 0.25) is 0 Å². The second-order valence-corrected chi connectivity index (χ2v) is 7.46. The van der Waals surface area contributed by atoms with Crippen molar-refractivity contribution < 1.29 is 19.0 Å². The molecule has 1 fully saturated rings. The van der Waals surface area contributed by atoms with Gasteiger partial charge in [-0.3, -0.25) is 4.79 Å². The third kappa shape index (κ3) is 4.99. The minimum absolute atomic E-state index is 0.0164. The largest absolute Gasteiger partial charge is 0.493 e. The molecule has 1 saturated heterocycles. The van der Waals surface area contributed by atoms with Crippen molar-refractivity contribution in [1.82, 2.24) is 4.90 Å². The van der Waals surface area contributed by atoms with E-state index in [0.29, 0.717) is 24.6 Å². The molecule has 140 valence electrons. The van der Waals surface area contributed by atoms with Crippen molar-refractivity contribution in [2.45, 2.75) is 32.4 Å². The SMILES string of the molecule is COc1cc(C)ccc1OCC(=O)N(Cc1cccs1)CC1CCCO1. The van der Waals surface area contributed by atoms with Crippen LogP contribution in [0.25, 0.3) is 0 Å². The average molecular weight is 375 g/mol. The molecule has 0 radical (unpaired) electrons. The van der Waals surface area contributed by atoms with Crippen LogP contribution in [0.5, 0.6) is 11.5 Å². The van der Waals surface area contributed by atoms with Gasteiger partial charge in [-0.05, 0) is 48.9 Å². The molecule has 0 spiro atoms. The second-order valence-electron chi connectivity index (χ2n) is 6.43. The van der Waals surface area contributed by atoms with Crippen molar-refractivity contribution in [3.8, 4) is 11.5 Å². The van der Waals surface area contributed by atoms with E-state index in [0.717, 1.165) is 29.9 Å². The van der Waals surface area contributed by atoms with Gasteiger partial charge in [0.05, 0.1) is 19.8 Å². The molecule has 26 heavy (non-hydrogen) atoms. The van der Waals surface area contributed by atoms with Crippen molar-refractivity contribution in [2.24, 2.45) is 0 Å². The first-order valence-electron chi connectivity index (χ1n) is 8.85. The summed E-state index contributed by atoms with van der Waals surface area (Å²) in [5.41, 5.74) is 1.08. The summed E-state index contributed by atoms with van der Waals surface area (Å²) in [6.45, 7) is 3.94. The third-order valence-electron chi connectivity index (χ3n) is 4.40. The molecule has 1 aliphatic heterocycles. The Morgan fingerprint density at radius 1 is 1.35 bits per heavy atom. The molecule has 0 saturated carbocycles. The first-order chi connectivity index (χ1) is 12.7. The van der Waals surface area contributed by atoms with Crippen molar-refractivity contribution >= 4 is 17.2 Å². The molecule has 1 unspecified atom stereocenters. The van der Waals surface area contributed by atoms with Crippen molar-refractivity contribution in [3.63, 3.8) is 0 Å². The van der Waals surface area contributed by atoms with Crippen LogP contribution in [-0.2, 0) is 16.1 Å². The number of rotatable bonds is 8. The zero-order valence-electron chi connectivity index (χ0n) is 15.3. The van der Waals surface area contributed by atoms with E-state index >= 15 is 0 Å². The summed E-state index contributed by atoms with van der Waals surface area (Å²) in [7, 11) is 1.60. The number of nitrogens with zero attached hydrogens (tertiary/aromatic N) is 1. The minimum atomic E-state index is -0.0449. The van der Waals surface area contributed by atoms with Gasteiger partial charge in [-0.25, -0.2) is 0 Å². The number of aryl methyl sites for hydroxylation is 1. The fraction of sp³-hybridized carbons (Fsp3) is 0.450. The Morgan fingerprint density at radius 2 is 2.23 bits per heavy atom. The van der Waals surface area contributed by atoms with Gasteiger partial charge < -0.3 is 19.1 Å². The number of hydrogen-bond acceptors (Lipinski definition) is 5. The Kier molecular flexibility index (Phi) is 6.52. The third-order valence-corrected chi connectivity index (χ3v) is 5.26. The summed E-state index contributed by atoms with van der Waals surface area (Å²) < 4.78 is 16.8. The Morgan fingerprint density at radius 3 is 2.92 bits per heavy atom. The Balaban J connectivity index is 1.64. The summed E-state index contributed by atoms with van der Waals surface area (Å²) in [6.07, 6.45) is 2.18. The molecular formula is C20H25NO4S. The molecule has 2 heterocycles. The van der Waals surface area contributed by atoms with Crippen LogP contribution in [0, 0.1) is 6.92 Å². The number of methoxy groups -OCH3 is 1. The minimum Gasteiger partial charge on any atom is -0.493 e. The van der Waals surface area contributed by atoms with Gasteiger partial charge in [0, 0.05) is 18.0 Å². The summed E-state index contributed by atoms with van der Waals surface area (Å²) in [5.74, 6) is 1.18. The standard InChI is InChI=1S/C20H25NO4S/c1-15-7-8-18(19(11-15)23-2)25-14-20(22)21(12-16-5-3-9-24-16)13-17-6-4-10-26-17/h4,6-8,10-11,16H,3,5,9,12-14H2,1-2H3. The van der Waals surface area contributed by atoms with Crippen LogP contribution in [0.15, 0.2) is 35.7 Å². The maximum Gasteiger partial charge on any atom is 0.260 e. The smallest absolute Gasteiger partial charge is 0.260 e. The van der Waals surface area contributed by atoms with Crippen LogP contribution in [0.4, 0.5) is 0 Å². The molecule has 0 aliphatic carbocycles. The molecule has 1 atom stereocenters. The number of hydrogen-bond donors (Lipinski definition) is 0. The molecule has 5 nitrogen and oxygen atoms in total. The lowest BCUT2D eigenvalue weighted by atomic mass is 10.2. The van der Waals surface area contributed by atoms with E-state index in [4.69, 9.17) is 14.2 Å². The van der Waals surface area contributed by atoms with Crippen LogP contribution >= 0.6 is 11.3 Å². The monoisotopic (exact) mass is 375 g/mol. The highest BCUT2D eigenvalue weighted by atomic mass is 32.1. The molecule has 6 heteroatoms. The van der Waals surface area contributed by atoms with E-state index in [-0.39, 0.29) is 18.6 Å². The van der Waals surface area contributed by atoms with Crippen molar-refractivity contribution in [1.29, 1.82) is 0 Å². The Hall–Kier alpha value is -2.05. The van der Waals surface area contributed by atoms with Crippen molar-refractivity contribution in [3.05, 3.63) is 46.2 Å². The Bertz CT molecular complexity index is 711. The highest BCUT2D eigenvalue weighted by Gasteiger charge is 2.23. The topological polar surface area (TPSA) is 48.0 Å². The highest BCUT2D eigenvalue weighted by Crippen LogP contribution is 2.28. The lowest BCUT2D eigenvalue weighted by Crippen LogP contribution is -2.39. The molecule has 3 rings (SSSR count). The second kappa shape index (κ2) is 9.05. The predicted molar refractivity (Wildman–Crippen MR) is 102 cm³/mol. The van der Waals surface area contributed by atoms with Gasteiger partial charge in [0.25, 0.3) is 5.91 Å². The number of benzene rings is 1. The van der Waals surface area contributed by atoms with Gasteiger partial charge in [-0.1, -0.05) is 12.1 Å². The van der Waals surface area contributed by atoms with E-state index in [1.54, 1.807) is 18.4 Å². The zero-order chi connectivity index (χ0) is 18.4. The quantitative estimate of drug-likeness (QED) is 0.707. The van der Waals surface area contributed by atoms with Crippen LogP contribution in [0.2, 0.25) is 0 Å². The van der Waals surface area contributed by atoms with E-state index in [2.05, 4.69) is 0 Å². The lowest BCUT2D eigenvalue weighted by Gasteiger charge is -2.25. The van der Waals surface area contributed by atoms with Crippen LogP contribution in [0.3, 0.4) is 0 Å². The van der Waals surface area contributed by atoms with Gasteiger partial charge in [0.15, 0.2) is 18.1 Å². The fourth-order valence-corrected chi connectivity index (χ4v) is 3.72. The molecule has 0 bridgehead atoms.